The summed E-state index contributed by atoms with van der Waals surface area (Å²) in [4.78, 5) is 15.3. The van der Waals surface area contributed by atoms with Gasteiger partial charge in [0.2, 0.25) is 0 Å². The van der Waals surface area contributed by atoms with E-state index < -0.39 is 0 Å². The third-order valence-electron chi connectivity index (χ3n) is 6.19. The van der Waals surface area contributed by atoms with E-state index >= 15 is 0 Å². The van der Waals surface area contributed by atoms with Gasteiger partial charge in [0.15, 0.2) is 5.69 Å². The Balaban J connectivity index is 1.32. The van der Waals surface area contributed by atoms with E-state index in [9.17, 15) is 4.79 Å². The summed E-state index contributed by atoms with van der Waals surface area (Å²) in [5.41, 5.74) is 2.94. The molecule has 1 aliphatic rings. The zero-order chi connectivity index (χ0) is 22.0. The third kappa shape index (κ3) is 6.26. The molecule has 0 spiro atoms. The number of aryl methyl sites for hydroxylation is 2. The van der Waals surface area contributed by atoms with Crippen LogP contribution >= 0.6 is 0 Å². The van der Waals surface area contributed by atoms with Gasteiger partial charge in [-0.25, -0.2) is 0 Å². The number of nitrogens with one attached hydrogen (secondary N) is 1. The Morgan fingerprint density at radius 2 is 1.62 bits per heavy atom. The normalized spacial score (nSPS) is 15.8. The van der Waals surface area contributed by atoms with Crippen LogP contribution in [0.15, 0.2) is 66.9 Å². The van der Waals surface area contributed by atoms with E-state index in [2.05, 4.69) is 69.1 Å². The first-order valence-electron chi connectivity index (χ1n) is 11.8. The molecule has 0 bridgehead atoms. The molecule has 2 heterocycles. The van der Waals surface area contributed by atoms with Crippen LogP contribution in [-0.4, -0.2) is 45.4 Å². The molecule has 4 rings (SSSR count). The number of likely N-dealkylation sites (tertiary alicyclic amines) is 1. The third-order valence-corrected chi connectivity index (χ3v) is 6.19. The fourth-order valence-electron chi connectivity index (χ4n) is 4.42. The van der Waals surface area contributed by atoms with Gasteiger partial charge in [0.25, 0.3) is 5.91 Å². The molecule has 1 fully saturated rings. The quantitative estimate of drug-likeness (QED) is 0.550. The molecular weight excluding hydrogens is 398 g/mol. The van der Waals surface area contributed by atoms with Crippen LogP contribution in [0, 0.1) is 0 Å². The summed E-state index contributed by atoms with van der Waals surface area (Å²) in [6.45, 7) is 3.47. The van der Waals surface area contributed by atoms with Crippen LogP contribution in [0.5, 0.6) is 0 Å². The summed E-state index contributed by atoms with van der Waals surface area (Å²) >= 11 is 0. The average Bonchev–Trinajstić information content (AvgIpc) is 3.15. The maximum absolute atomic E-state index is 12.8. The predicted octanol–water partition coefficient (Wildman–Crippen LogP) is 4.26. The highest BCUT2D eigenvalue weighted by molar-refractivity contribution is 5.91. The first-order valence-corrected chi connectivity index (χ1v) is 11.8. The lowest BCUT2D eigenvalue weighted by atomic mass is 10.0. The molecule has 168 valence electrons. The second kappa shape index (κ2) is 11.6. The number of amides is 1. The molecule has 1 atom stereocenters. The van der Waals surface area contributed by atoms with E-state index in [4.69, 9.17) is 0 Å². The van der Waals surface area contributed by atoms with Crippen molar-refractivity contribution in [3.05, 3.63) is 83.7 Å². The predicted molar refractivity (Wildman–Crippen MR) is 126 cm³/mol. The van der Waals surface area contributed by atoms with Crippen molar-refractivity contribution in [3.8, 4) is 0 Å². The molecule has 32 heavy (non-hydrogen) atoms. The summed E-state index contributed by atoms with van der Waals surface area (Å²) in [5, 5.41) is 11.4. The second-order valence-electron chi connectivity index (χ2n) is 8.54. The molecule has 0 radical (unpaired) electrons. The van der Waals surface area contributed by atoms with E-state index in [1.165, 1.54) is 36.8 Å². The maximum Gasteiger partial charge on any atom is 0.273 e. The van der Waals surface area contributed by atoms with Crippen LogP contribution in [0.2, 0.25) is 0 Å². The Bertz CT molecular complexity index is 949. The van der Waals surface area contributed by atoms with Gasteiger partial charge in [-0.05, 0) is 49.9 Å². The molecule has 1 saturated heterocycles. The average molecular weight is 432 g/mol. The molecule has 6 nitrogen and oxygen atoms in total. The highest BCUT2D eigenvalue weighted by Gasteiger charge is 2.22. The highest BCUT2D eigenvalue weighted by atomic mass is 16.2. The van der Waals surface area contributed by atoms with E-state index in [1.54, 1.807) is 10.9 Å². The van der Waals surface area contributed by atoms with Gasteiger partial charge in [-0.1, -0.05) is 78.7 Å². The summed E-state index contributed by atoms with van der Waals surface area (Å²) in [7, 11) is 0. The zero-order valence-electron chi connectivity index (χ0n) is 18.7. The molecule has 6 heteroatoms. The fraction of sp³-hybridized carbons (Fsp3) is 0.423. The van der Waals surface area contributed by atoms with Crippen LogP contribution in [0.25, 0.3) is 0 Å². The molecule has 0 aliphatic carbocycles. The van der Waals surface area contributed by atoms with E-state index in [0.29, 0.717) is 12.2 Å². The molecule has 1 N–H and O–H groups in total. The minimum Gasteiger partial charge on any atom is -0.349 e. The summed E-state index contributed by atoms with van der Waals surface area (Å²) in [5.74, 6) is -0.157. The van der Waals surface area contributed by atoms with Crippen molar-refractivity contribution >= 4 is 5.91 Å². The Morgan fingerprint density at radius 1 is 0.938 bits per heavy atom. The smallest absolute Gasteiger partial charge is 0.273 e. The zero-order valence-corrected chi connectivity index (χ0v) is 18.7. The standard InChI is InChI=1S/C26H33N5O/c32-26(24-21-31(29-28-24)19-11-14-22-12-5-3-6-13-22)27-20-25(23-15-7-4-8-16-23)30-17-9-1-2-10-18-30/h3-8,12-13,15-16,21,25H,1-2,9-11,14,17-20H2,(H,27,32)/t25-/m0/s1. The Hall–Kier alpha value is -2.99. The van der Waals surface area contributed by atoms with Gasteiger partial charge < -0.3 is 5.32 Å². The van der Waals surface area contributed by atoms with Gasteiger partial charge in [0.05, 0.1) is 12.2 Å². The van der Waals surface area contributed by atoms with Crippen molar-refractivity contribution in [2.75, 3.05) is 19.6 Å². The molecule has 3 aromatic rings. The van der Waals surface area contributed by atoms with Gasteiger partial charge in [0, 0.05) is 13.1 Å². The highest BCUT2D eigenvalue weighted by Crippen LogP contribution is 2.23. The lowest BCUT2D eigenvalue weighted by Gasteiger charge is -2.31. The van der Waals surface area contributed by atoms with Crippen LogP contribution in [0.3, 0.4) is 0 Å². The SMILES string of the molecule is O=C(NC[C@@H](c1ccccc1)N1CCCCCC1)c1cn(CCCc2ccccc2)nn1. The Labute approximate surface area is 190 Å². The first kappa shape index (κ1) is 22.2. The molecule has 2 aromatic carbocycles. The topological polar surface area (TPSA) is 63.1 Å². The van der Waals surface area contributed by atoms with Crippen molar-refractivity contribution in [3.63, 3.8) is 0 Å². The molecule has 1 aliphatic heterocycles. The van der Waals surface area contributed by atoms with E-state index in [-0.39, 0.29) is 11.9 Å². The van der Waals surface area contributed by atoms with Crippen molar-refractivity contribution in [2.45, 2.75) is 51.1 Å². The Morgan fingerprint density at radius 3 is 2.34 bits per heavy atom. The van der Waals surface area contributed by atoms with Crippen molar-refractivity contribution in [2.24, 2.45) is 0 Å². The lowest BCUT2D eigenvalue weighted by molar-refractivity contribution is 0.0928. The van der Waals surface area contributed by atoms with Gasteiger partial charge >= 0.3 is 0 Å². The minimum atomic E-state index is -0.157. The largest absolute Gasteiger partial charge is 0.349 e. The summed E-state index contributed by atoms with van der Waals surface area (Å²) in [6, 6.07) is 21.1. The molecule has 1 aromatic heterocycles. The maximum atomic E-state index is 12.8. The number of hydrogen-bond acceptors (Lipinski definition) is 4. The second-order valence-corrected chi connectivity index (χ2v) is 8.54. The van der Waals surface area contributed by atoms with Crippen LogP contribution in [-0.2, 0) is 13.0 Å². The van der Waals surface area contributed by atoms with Gasteiger partial charge in [0.1, 0.15) is 0 Å². The monoisotopic (exact) mass is 431 g/mol. The van der Waals surface area contributed by atoms with Crippen LogP contribution < -0.4 is 5.32 Å². The first-order chi connectivity index (χ1) is 15.8. The van der Waals surface area contributed by atoms with E-state index in [1.807, 2.05) is 12.1 Å². The summed E-state index contributed by atoms with van der Waals surface area (Å²) < 4.78 is 1.77. The molecular formula is C26H33N5O. The molecule has 1 amide bonds. The van der Waals surface area contributed by atoms with Crippen molar-refractivity contribution in [1.82, 2.24) is 25.2 Å². The lowest BCUT2D eigenvalue weighted by Crippen LogP contribution is -2.38. The molecule has 0 unspecified atom stereocenters. The van der Waals surface area contributed by atoms with Gasteiger partial charge in [-0.3, -0.25) is 14.4 Å². The number of carbonyl (C=O) groups excluding carboxylic acids is 1. The van der Waals surface area contributed by atoms with Crippen molar-refractivity contribution < 1.29 is 4.79 Å². The van der Waals surface area contributed by atoms with Crippen LogP contribution in [0.1, 0.15) is 59.8 Å². The molecule has 0 saturated carbocycles. The fourth-order valence-corrected chi connectivity index (χ4v) is 4.42. The number of hydrogen-bond donors (Lipinski definition) is 1. The number of nitrogens with zero attached hydrogens (tertiary/aromatic N) is 4. The number of rotatable bonds is 9. The minimum absolute atomic E-state index is 0.157. The Kier molecular flexibility index (Phi) is 8.04. The van der Waals surface area contributed by atoms with E-state index in [0.717, 1.165) is 32.5 Å². The van der Waals surface area contributed by atoms with Crippen LogP contribution in [0.4, 0.5) is 0 Å². The number of aromatic nitrogens is 3. The van der Waals surface area contributed by atoms with Gasteiger partial charge in [-0.15, -0.1) is 5.10 Å². The summed E-state index contributed by atoms with van der Waals surface area (Å²) in [6.07, 6.45) is 8.71. The van der Waals surface area contributed by atoms with Gasteiger partial charge in [-0.2, -0.15) is 0 Å². The number of carbonyl (C=O) groups is 1. The number of benzene rings is 2. The van der Waals surface area contributed by atoms with Crippen molar-refractivity contribution in [1.29, 1.82) is 0 Å².